The van der Waals surface area contributed by atoms with Gasteiger partial charge in [-0.3, -0.25) is 9.59 Å². The molecule has 1 aromatic heterocycles. The highest BCUT2D eigenvalue weighted by molar-refractivity contribution is 8.13. The van der Waals surface area contributed by atoms with E-state index in [9.17, 15) is 14.4 Å². The predicted octanol–water partition coefficient (Wildman–Crippen LogP) is 1.72. The van der Waals surface area contributed by atoms with Gasteiger partial charge in [-0.1, -0.05) is 18.7 Å². The molecule has 0 radical (unpaired) electrons. The summed E-state index contributed by atoms with van der Waals surface area (Å²) in [4.78, 5) is 38.1. The number of pyridine rings is 1. The number of methoxy groups -OCH3 is 1. The van der Waals surface area contributed by atoms with Crippen molar-refractivity contribution in [3.8, 4) is 0 Å². The van der Waals surface area contributed by atoms with Gasteiger partial charge in [-0.2, -0.15) is 0 Å². The van der Waals surface area contributed by atoms with Crippen LogP contribution in [0.4, 0.5) is 5.82 Å². The Morgan fingerprint density at radius 3 is 2.75 bits per heavy atom. The maximum atomic E-state index is 11.9. The molecule has 0 saturated carbocycles. The minimum atomic E-state index is -0.497. The summed E-state index contributed by atoms with van der Waals surface area (Å²) in [5.41, 5.74) is 0.309. The molecule has 6 nitrogen and oxygen atoms in total. The second-order valence-electron chi connectivity index (χ2n) is 4.11. The van der Waals surface area contributed by atoms with Crippen molar-refractivity contribution < 1.29 is 19.1 Å². The first-order valence-corrected chi connectivity index (χ1v) is 6.91. The molecular formula is C13H16N2O4S. The van der Waals surface area contributed by atoms with Gasteiger partial charge in [-0.05, 0) is 12.1 Å². The van der Waals surface area contributed by atoms with Crippen LogP contribution in [0.25, 0.3) is 0 Å². The second kappa shape index (κ2) is 7.64. The molecule has 1 atom stereocenters. The van der Waals surface area contributed by atoms with Crippen molar-refractivity contribution in [2.45, 2.75) is 13.8 Å². The Kier molecular flexibility index (Phi) is 6.17. The van der Waals surface area contributed by atoms with E-state index in [-0.39, 0.29) is 22.8 Å². The second-order valence-corrected chi connectivity index (χ2v) is 5.31. The fourth-order valence-corrected chi connectivity index (χ4v) is 1.95. The topological polar surface area (TPSA) is 85.4 Å². The summed E-state index contributed by atoms with van der Waals surface area (Å²) >= 11 is 1.10. The number of esters is 1. The van der Waals surface area contributed by atoms with E-state index >= 15 is 0 Å². The predicted molar refractivity (Wildman–Crippen MR) is 76.5 cm³/mol. The van der Waals surface area contributed by atoms with E-state index in [2.05, 4.69) is 15.0 Å². The number of carbonyl (C=O) groups excluding carboxylic acids is 3. The van der Waals surface area contributed by atoms with Crippen LogP contribution >= 0.6 is 11.8 Å². The number of nitrogens with zero attached hydrogens (tertiary/aromatic N) is 1. The maximum Gasteiger partial charge on any atom is 0.338 e. The molecule has 0 aromatic carbocycles. The number of ether oxygens (including phenoxy) is 1. The number of hydrogen-bond donors (Lipinski definition) is 1. The van der Waals surface area contributed by atoms with Crippen LogP contribution in [0.2, 0.25) is 0 Å². The monoisotopic (exact) mass is 296 g/mol. The lowest BCUT2D eigenvalue weighted by Crippen LogP contribution is -2.23. The molecule has 0 fully saturated rings. The van der Waals surface area contributed by atoms with Gasteiger partial charge in [-0.25, -0.2) is 9.78 Å². The highest BCUT2D eigenvalue weighted by Gasteiger charge is 2.15. The summed E-state index contributed by atoms with van der Waals surface area (Å²) in [7, 11) is 1.28. The number of rotatable bonds is 5. The summed E-state index contributed by atoms with van der Waals surface area (Å²) in [6.07, 6.45) is 1.41. The number of carbonyl (C=O) groups is 3. The third-order valence-corrected chi connectivity index (χ3v) is 3.49. The van der Waals surface area contributed by atoms with E-state index in [1.165, 1.54) is 32.4 Å². The molecule has 1 rings (SSSR count). The Morgan fingerprint density at radius 2 is 2.15 bits per heavy atom. The molecule has 1 heterocycles. The third-order valence-electron chi connectivity index (χ3n) is 2.42. The highest BCUT2D eigenvalue weighted by atomic mass is 32.2. The van der Waals surface area contributed by atoms with E-state index in [1.54, 1.807) is 6.92 Å². The van der Waals surface area contributed by atoms with Crippen LogP contribution in [0.3, 0.4) is 0 Å². The van der Waals surface area contributed by atoms with Crippen LogP contribution in [0.1, 0.15) is 24.2 Å². The fourth-order valence-electron chi connectivity index (χ4n) is 1.31. The Hall–Kier alpha value is -1.89. The molecule has 0 aliphatic rings. The number of anilines is 1. The Labute approximate surface area is 121 Å². The number of thioether (sulfide) groups is 1. The van der Waals surface area contributed by atoms with E-state index in [0.29, 0.717) is 11.3 Å². The number of amides is 1. The van der Waals surface area contributed by atoms with Gasteiger partial charge in [0.25, 0.3) is 0 Å². The lowest BCUT2D eigenvalue weighted by atomic mass is 10.2. The molecule has 7 heteroatoms. The Balaban J connectivity index is 2.66. The van der Waals surface area contributed by atoms with Gasteiger partial charge in [0.1, 0.15) is 5.82 Å². The van der Waals surface area contributed by atoms with E-state index < -0.39 is 5.97 Å². The van der Waals surface area contributed by atoms with Gasteiger partial charge in [0.2, 0.25) is 5.91 Å². The van der Waals surface area contributed by atoms with E-state index in [1.807, 2.05) is 0 Å². The molecule has 1 amide bonds. The largest absolute Gasteiger partial charge is 0.465 e. The molecule has 0 aliphatic carbocycles. The first kappa shape index (κ1) is 16.2. The van der Waals surface area contributed by atoms with Crippen LogP contribution < -0.4 is 5.32 Å². The van der Waals surface area contributed by atoms with Crippen molar-refractivity contribution in [2.24, 2.45) is 5.92 Å². The van der Waals surface area contributed by atoms with Crippen molar-refractivity contribution in [2.75, 3.05) is 18.2 Å². The van der Waals surface area contributed by atoms with Crippen molar-refractivity contribution in [1.29, 1.82) is 0 Å². The van der Waals surface area contributed by atoms with Crippen LogP contribution in [0, 0.1) is 5.92 Å². The van der Waals surface area contributed by atoms with Crippen molar-refractivity contribution in [3.63, 3.8) is 0 Å². The molecular weight excluding hydrogens is 280 g/mol. The van der Waals surface area contributed by atoms with Gasteiger partial charge < -0.3 is 10.1 Å². The average Bonchev–Trinajstić information content (AvgIpc) is 2.43. The van der Waals surface area contributed by atoms with E-state index in [4.69, 9.17) is 0 Å². The Bertz CT molecular complexity index is 519. The zero-order valence-electron chi connectivity index (χ0n) is 11.5. The summed E-state index contributed by atoms with van der Waals surface area (Å²) in [5.74, 6) is -0.417. The minimum absolute atomic E-state index is 0.0320. The molecule has 0 aliphatic heterocycles. The summed E-state index contributed by atoms with van der Waals surface area (Å²) < 4.78 is 4.59. The SMILES string of the molecule is COC(=O)c1ccnc(NC(=O)C(C)CSC(C)=O)c1. The standard InChI is InChI=1S/C13H16N2O4S/c1-8(7-20-9(2)16)12(17)15-11-6-10(4-5-14-11)13(18)19-3/h4-6,8H,7H2,1-3H3,(H,14,15,17). The molecule has 0 bridgehead atoms. The van der Waals surface area contributed by atoms with Gasteiger partial charge in [0.15, 0.2) is 5.12 Å². The third kappa shape index (κ3) is 5.00. The zero-order valence-corrected chi connectivity index (χ0v) is 12.3. The fraction of sp³-hybridized carbons (Fsp3) is 0.385. The van der Waals surface area contributed by atoms with Gasteiger partial charge in [0, 0.05) is 24.8 Å². The molecule has 20 heavy (non-hydrogen) atoms. The summed E-state index contributed by atoms with van der Waals surface area (Å²) in [6.45, 7) is 3.17. The van der Waals surface area contributed by atoms with Gasteiger partial charge >= 0.3 is 5.97 Å². The summed E-state index contributed by atoms with van der Waals surface area (Å²) in [6, 6.07) is 2.94. The maximum absolute atomic E-state index is 11.9. The Morgan fingerprint density at radius 1 is 1.45 bits per heavy atom. The van der Waals surface area contributed by atoms with Crippen LogP contribution in [-0.4, -0.2) is 34.8 Å². The first-order chi connectivity index (χ1) is 9.43. The van der Waals surface area contributed by atoms with Crippen LogP contribution in [0.5, 0.6) is 0 Å². The molecule has 0 spiro atoms. The number of aromatic nitrogens is 1. The van der Waals surface area contributed by atoms with Gasteiger partial charge in [-0.15, -0.1) is 0 Å². The smallest absolute Gasteiger partial charge is 0.338 e. The molecule has 1 aromatic rings. The highest BCUT2D eigenvalue weighted by Crippen LogP contribution is 2.13. The van der Waals surface area contributed by atoms with Crippen molar-refractivity contribution in [3.05, 3.63) is 23.9 Å². The molecule has 108 valence electrons. The number of nitrogens with one attached hydrogen (secondary N) is 1. The quantitative estimate of drug-likeness (QED) is 0.833. The minimum Gasteiger partial charge on any atom is -0.465 e. The lowest BCUT2D eigenvalue weighted by Gasteiger charge is -2.10. The lowest BCUT2D eigenvalue weighted by molar-refractivity contribution is -0.118. The van der Waals surface area contributed by atoms with Crippen LogP contribution in [0.15, 0.2) is 18.3 Å². The normalized spacial score (nSPS) is 11.6. The molecule has 1 N–H and O–H groups in total. The van der Waals surface area contributed by atoms with E-state index in [0.717, 1.165) is 11.8 Å². The first-order valence-electron chi connectivity index (χ1n) is 5.92. The average molecular weight is 296 g/mol. The van der Waals surface area contributed by atoms with Crippen LogP contribution in [-0.2, 0) is 14.3 Å². The zero-order chi connectivity index (χ0) is 15.1. The number of hydrogen-bond acceptors (Lipinski definition) is 6. The van der Waals surface area contributed by atoms with Crippen molar-refractivity contribution in [1.82, 2.24) is 4.98 Å². The van der Waals surface area contributed by atoms with Crippen molar-refractivity contribution >= 4 is 34.6 Å². The summed E-state index contributed by atoms with van der Waals surface area (Å²) in [5, 5.41) is 2.57. The molecule has 1 unspecified atom stereocenters. The van der Waals surface area contributed by atoms with Gasteiger partial charge in [0.05, 0.1) is 12.7 Å². The molecule has 0 saturated heterocycles.